The van der Waals surface area contributed by atoms with Gasteiger partial charge in [-0.1, -0.05) is 64.5 Å². The Labute approximate surface area is 162 Å². The molecule has 0 saturated heterocycles. The van der Waals surface area contributed by atoms with Gasteiger partial charge in [-0.3, -0.25) is 0 Å². The van der Waals surface area contributed by atoms with Crippen molar-refractivity contribution in [2.45, 2.75) is 102 Å². The zero-order valence-electron chi connectivity index (χ0n) is 18.1. The molecule has 0 spiro atoms. The Balaban J connectivity index is 2.80. The maximum Gasteiger partial charge on any atom is 0.276 e. The van der Waals surface area contributed by atoms with Crippen LogP contribution in [0.2, 0.25) is 0 Å². The average molecular weight is 398 g/mol. The molecule has 0 aromatic heterocycles. The molecule has 6 atom stereocenters. The quantitative estimate of drug-likeness (QED) is 0.225. The third-order valence-electron chi connectivity index (χ3n) is 5.47. The summed E-state index contributed by atoms with van der Waals surface area (Å²) in [5.74, 6) is -3.41. The molecule has 154 valence electrons. The molecule has 0 radical (unpaired) electrons. The number of aliphatic hydroxyl groups is 2. The lowest BCUT2D eigenvalue weighted by molar-refractivity contribution is -0.0931. The highest BCUT2D eigenvalue weighted by Crippen LogP contribution is 2.40. The lowest BCUT2D eigenvalue weighted by Crippen LogP contribution is -2.32. The van der Waals surface area contributed by atoms with Crippen LogP contribution in [0.5, 0.6) is 0 Å². The van der Waals surface area contributed by atoms with Gasteiger partial charge in [-0.25, -0.2) is 8.78 Å². The third kappa shape index (κ3) is 7.50. The van der Waals surface area contributed by atoms with E-state index in [0.29, 0.717) is 19.3 Å². The number of hydrogen-bond acceptors (Lipinski definition) is 3. The minimum absolute atomic E-state index is 0.0742. The van der Waals surface area contributed by atoms with Crippen LogP contribution >= 0.6 is 9.41 Å². The first-order valence-corrected chi connectivity index (χ1v) is 10.5. The predicted molar refractivity (Wildman–Crippen MR) is 105 cm³/mol. The van der Waals surface area contributed by atoms with E-state index in [1.54, 1.807) is 6.08 Å². The molecule has 3 nitrogen and oxygen atoms in total. The summed E-state index contributed by atoms with van der Waals surface area (Å²) in [6.07, 6.45) is 7.89. The van der Waals surface area contributed by atoms with Gasteiger partial charge in [0.1, 0.15) is 6.10 Å². The van der Waals surface area contributed by atoms with Gasteiger partial charge in [0.05, 0.1) is 13.5 Å². The van der Waals surface area contributed by atoms with Crippen LogP contribution in [0.3, 0.4) is 0 Å². The van der Waals surface area contributed by atoms with Crippen molar-refractivity contribution in [3.8, 4) is 0 Å². The summed E-state index contributed by atoms with van der Waals surface area (Å²) in [6, 6.07) is 0. The Bertz CT molecular complexity index is 444. The first kappa shape index (κ1) is 20.6. The van der Waals surface area contributed by atoms with Gasteiger partial charge in [-0.15, -0.1) is 0 Å². The molecule has 0 bridgehead atoms. The number of unbranched alkanes of at least 4 members (excludes halogenated alkanes) is 5. The van der Waals surface area contributed by atoms with E-state index in [1.807, 2.05) is 6.92 Å². The van der Waals surface area contributed by atoms with Gasteiger partial charge < -0.3 is 14.7 Å². The molecule has 2 N–H and O–H groups in total. The van der Waals surface area contributed by atoms with Crippen LogP contribution in [0.1, 0.15) is 78.1 Å². The summed E-state index contributed by atoms with van der Waals surface area (Å²) in [5, 5.41) is 14.8. The van der Waals surface area contributed by atoms with E-state index in [0.717, 1.165) is 25.7 Å². The monoisotopic (exact) mass is 398 g/mol. The molecule has 0 aromatic rings. The second kappa shape index (κ2) is 12.4. The Morgan fingerprint density at radius 2 is 2.00 bits per heavy atom. The third-order valence-corrected chi connectivity index (χ3v) is 5.77. The zero-order valence-corrected chi connectivity index (χ0v) is 17.1. The van der Waals surface area contributed by atoms with E-state index in [1.165, 1.54) is 18.9 Å². The molecule has 0 aliphatic heterocycles. The smallest absolute Gasteiger partial charge is 0.276 e. The molecule has 0 aromatic carbocycles. The zero-order chi connectivity index (χ0) is 21.0. The van der Waals surface area contributed by atoms with Gasteiger partial charge in [0, 0.05) is 28.2 Å². The Morgan fingerprint density at radius 3 is 2.65 bits per heavy atom. The van der Waals surface area contributed by atoms with Crippen molar-refractivity contribution in [3.63, 3.8) is 0 Å². The van der Waals surface area contributed by atoms with Crippen molar-refractivity contribution >= 4 is 9.41 Å². The second-order valence-electron chi connectivity index (χ2n) is 7.57. The van der Waals surface area contributed by atoms with Crippen LogP contribution in [0.15, 0.2) is 12.2 Å². The SMILES string of the molecule is [3H]OC(/C=C/[C@@H]1C(CCCCCCC)[C@@H](O)C[C@H]1OP[3H])C(F)(F)CCCC. The number of alkyl halides is 2. The highest BCUT2D eigenvalue weighted by Gasteiger charge is 2.42. The molecule has 0 heterocycles. The standard InChI is InChI=1S/C20H37F2O3P/c1-3-5-7-8-9-10-15-16(18(25-26)14-17(15)23)11-12-19(24)20(21,22)13-6-4-2/h11-12,15-19,23-24H,3-10,13-14,26H2,1-2H3/b12-11+/t15?,16-,17+,18-,19?/m1/s1/i24T,26T/t15?,16-,17+,18-,19?,26?. The molecule has 1 aliphatic carbocycles. The van der Waals surface area contributed by atoms with Crippen molar-refractivity contribution in [3.05, 3.63) is 12.2 Å². The van der Waals surface area contributed by atoms with Gasteiger partial charge in [0.2, 0.25) is 1.43 Å². The Kier molecular flexibility index (Phi) is 9.83. The number of aliphatic hydroxyl groups excluding tert-OH is 2. The topological polar surface area (TPSA) is 49.7 Å². The first-order chi connectivity index (χ1) is 13.4. The van der Waals surface area contributed by atoms with Gasteiger partial charge >= 0.3 is 0 Å². The van der Waals surface area contributed by atoms with Crippen LogP contribution in [0.25, 0.3) is 0 Å². The maximum atomic E-state index is 14.3. The lowest BCUT2D eigenvalue weighted by Gasteiger charge is -2.24. The fourth-order valence-corrected chi connectivity index (χ4v) is 4.04. The Morgan fingerprint density at radius 1 is 1.27 bits per heavy atom. The molecule has 1 aliphatic rings. The van der Waals surface area contributed by atoms with E-state index in [-0.39, 0.29) is 24.4 Å². The van der Waals surface area contributed by atoms with Gasteiger partial charge in [0.15, 0.2) is 0 Å². The summed E-state index contributed by atoms with van der Waals surface area (Å²) >= 11 is 0. The lowest BCUT2D eigenvalue weighted by atomic mass is 9.87. The molecule has 26 heavy (non-hydrogen) atoms. The summed E-state index contributed by atoms with van der Waals surface area (Å²) in [7, 11) is -0.464. The molecule has 0 amide bonds. The van der Waals surface area contributed by atoms with Crippen LogP contribution < -0.4 is 0 Å². The number of halogens is 2. The fourth-order valence-electron chi connectivity index (χ4n) is 3.79. The van der Waals surface area contributed by atoms with E-state index in [4.69, 9.17) is 7.23 Å². The minimum Gasteiger partial charge on any atom is -0.393 e. The second-order valence-corrected chi connectivity index (χ2v) is 7.81. The van der Waals surface area contributed by atoms with Crippen LogP contribution in [0.4, 0.5) is 8.78 Å². The van der Waals surface area contributed by atoms with E-state index in [9.17, 15) is 13.9 Å². The molecule has 1 saturated carbocycles. The van der Waals surface area contributed by atoms with E-state index in [2.05, 4.69) is 12.0 Å². The van der Waals surface area contributed by atoms with Crippen molar-refractivity contribution < 1.29 is 23.5 Å². The predicted octanol–water partition coefficient (Wildman–Crippen LogP) is 5.26. The van der Waals surface area contributed by atoms with Crippen molar-refractivity contribution in [1.29, 1.82) is 2.71 Å². The normalized spacial score (nSPS) is 29.6. The van der Waals surface area contributed by atoms with E-state index >= 15 is 0 Å². The highest BCUT2D eigenvalue weighted by atomic mass is 31.0. The minimum atomic E-state index is -3.10. The largest absolute Gasteiger partial charge is 0.393 e. The van der Waals surface area contributed by atoms with Crippen LogP contribution in [-0.4, -0.2) is 37.2 Å². The molecular formula is C20H37F2O3P. The van der Waals surface area contributed by atoms with Crippen molar-refractivity contribution in [2.75, 3.05) is 0 Å². The summed E-state index contributed by atoms with van der Waals surface area (Å²) in [4.78, 5) is 0. The van der Waals surface area contributed by atoms with Gasteiger partial charge in [-0.2, -0.15) is 0 Å². The number of hydrogen-bond donors (Lipinski definition) is 2. The van der Waals surface area contributed by atoms with Gasteiger partial charge in [0.25, 0.3) is 5.92 Å². The van der Waals surface area contributed by atoms with Crippen LogP contribution in [-0.2, 0) is 4.52 Å². The summed E-state index contributed by atoms with van der Waals surface area (Å²) < 4.78 is 48.5. The summed E-state index contributed by atoms with van der Waals surface area (Å²) in [5.41, 5.74) is 0. The number of rotatable bonds is 15. The van der Waals surface area contributed by atoms with Crippen molar-refractivity contribution in [1.82, 2.24) is 0 Å². The maximum absolute atomic E-state index is 14.3. The Hall–Kier alpha value is -0.0900. The van der Waals surface area contributed by atoms with Crippen LogP contribution in [0, 0.1) is 11.8 Å². The first-order valence-electron chi connectivity index (χ1n) is 11.0. The van der Waals surface area contributed by atoms with Gasteiger partial charge in [-0.05, 0) is 18.8 Å². The molecule has 1 fully saturated rings. The molecular weight excluding hydrogens is 357 g/mol. The molecule has 6 heteroatoms. The molecule has 3 unspecified atom stereocenters. The van der Waals surface area contributed by atoms with Crippen molar-refractivity contribution in [2.24, 2.45) is 11.8 Å². The molecule has 1 rings (SSSR count). The highest BCUT2D eigenvalue weighted by molar-refractivity contribution is 7.09. The summed E-state index contributed by atoms with van der Waals surface area (Å²) in [6.45, 7) is 4.00. The average Bonchev–Trinajstić information content (AvgIpc) is 2.95. The fraction of sp³-hybridized carbons (Fsp3) is 0.900. The van der Waals surface area contributed by atoms with E-state index < -0.39 is 27.5 Å².